The molecule has 0 aromatic rings. The fourth-order valence-corrected chi connectivity index (χ4v) is 0.553. The van der Waals surface area contributed by atoms with Crippen LogP contribution in [0.5, 0.6) is 0 Å². The van der Waals surface area contributed by atoms with Crippen molar-refractivity contribution in [1.82, 2.24) is 0 Å². The first kappa shape index (κ1) is 9.92. The molecule has 0 aliphatic rings. The molecule has 2 unspecified atom stereocenters. The van der Waals surface area contributed by atoms with E-state index in [1.54, 1.807) is 6.92 Å². The highest BCUT2D eigenvalue weighted by Gasteiger charge is 2.07. The van der Waals surface area contributed by atoms with Crippen LogP contribution in [0.3, 0.4) is 0 Å². The van der Waals surface area contributed by atoms with Gasteiger partial charge in [-0.3, -0.25) is 0 Å². The number of hydrogen-bond donors (Lipinski definition) is 1. The molecule has 2 atom stereocenters. The van der Waals surface area contributed by atoms with Crippen molar-refractivity contribution in [2.75, 3.05) is 13.2 Å². The van der Waals surface area contributed by atoms with Gasteiger partial charge in [0.25, 0.3) is 0 Å². The highest BCUT2D eigenvalue weighted by Crippen LogP contribution is 2.01. The third-order valence-electron chi connectivity index (χ3n) is 1.55. The van der Waals surface area contributed by atoms with Crippen molar-refractivity contribution in [3.8, 4) is 0 Å². The molecular formula is C8H18O2. The Labute approximate surface area is 63.2 Å². The van der Waals surface area contributed by atoms with Crippen LogP contribution in [0.2, 0.25) is 0 Å². The highest BCUT2D eigenvalue weighted by molar-refractivity contribution is 4.56. The van der Waals surface area contributed by atoms with Crippen molar-refractivity contribution in [2.45, 2.75) is 33.3 Å². The minimum absolute atomic E-state index is 0.253. The fraction of sp³-hybridized carbons (Fsp3) is 1.00. The molecule has 0 rings (SSSR count). The summed E-state index contributed by atoms with van der Waals surface area (Å²) in [6.07, 6.45) is 0.795. The molecule has 0 heterocycles. The molecule has 0 bridgehead atoms. The van der Waals surface area contributed by atoms with Gasteiger partial charge in [0.1, 0.15) is 0 Å². The Kier molecular flexibility index (Phi) is 5.64. The zero-order chi connectivity index (χ0) is 7.98. The number of rotatable bonds is 5. The van der Waals surface area contributed by atoms with Gasteiger partial charge in [0.05, 0.1) is 12.7 Å². The van der Waals surface area contributed by atoms with E-state index in [0.717, 1.165) is 13.0 Å². The van der Waals surface area contributed by atoms with Crippen LogP contribution in [0.1, 0.15) is 27.2 Å². The molecule has 62 valence electrons. The topological polar surface area (TPSA) is 29.5 Å². The van der Waals surface area contributed by atoms with Crippen molar-refractivity contribution in [1.29, 1.82) is 0 Å². The number of hydrogen-bond acceptors (Lipinski definition) is 2. The third kappa shape index (κ3) is 4.77. The van der Waals surface area contributed by atoms with Crippen LogP contribution in [0.25, 0.3) is 0 Å². The summed E-state index contributed by atoms with van der Waals surface area (Å²) >= 11 is 0. The second-order valence-corrected chi connectivity index (χ2v) is 2.79. The molecule has 2 nitrogen and oxygen atoms in total. The van der Waals surface area contributed by atoms with Crippen LogP contribution in [0.4, 0.5) is 0 Å². The molecule has 0 aliphatic carbocycles. The van der Waals surface area contributed by atoms with E-state index in [-0.39, 0.29) is 12.0 Å². The van der Waals surface area contributed by atoms with Gasteiger partial charge in [0.15, 0.2) is 0 Å². The normalized spacial score (nSPS) is 16.8. The van der Waals surface area contributed by atoms with Gasteiger partial charge in [-0.1, -0.05) is 13.8 Å². The van der Waals surface area contributed by atoms with E-state index in [4.69, 9.17) is 9.84 Å². The predicted molar refractivity (Wildman–Crippen MR) is 42.0 cm³/mol. The lowest BCUT2D eigenvalue weighted by atomic mass is 10.1. The van der Waals surface area contributed by atoms with Gasteiger partial charge in [-0.15, -0.1) is 0 Å². The molecular weight excluding hydrogens is 128 g/mol. The largest absolute Gasteiger partial charge is 0.393 e. The van der Waals surface area contributed by atoms with Gasteiger partial charge in [-0.05, 0) is 13.3 Å². The van der Waals surface area contributed by atoms with Crippen LogP contribution < -0.4 is 0 Å². The predicted octanol–water partition coefficient (Wildman–Crippen LogP) is 1.43. The van der Waals surface area contributed by atoms with E-state index in [1.165, 1.54) is 0 Å². The van der Waals surface area contributed by atoms with Crippen molar-refractivity contribution < 1.29 is 9.84 Å². The standard InChI is InChI=1S/C8H18O2/c1-4-5-10-6-7(2)8(3)9/h7-9H,4-6H2,1-3H3. The number of ether oxygens (including phenoxy) is 1. The maximum Gasteiger partial charge on any atom is 0.0559 e. The second kappa shape index (κ2) is 5.69. The lowest BCUT2D eigenvalue weighted by Gasteiger charge is -2.13. The van der Waals surface area contributed by atoms with Gasteiger partial charge in [-0.2, -0.15) is 0 Å². The van der Waals surface area contributed by atoms with E-state index >= 15 is 0 Å². The van der Waals surface area contributed by atoms with Gasteiger partial charge in [0.2, 0.25) is 0 Å². The Balaban J connectivity index is 3.13. The van der Waals surface area contributed by atoms with Crippen molar-refractivity contribution in [2.24, 2.45) is 5.92 Å². The quantitative estimate of drug-likeness (QED) is 0.594. The molecule has 1 N–H and O–H groups in total. The SMILES string of the molecule is CCCOCC(C)C(C)O. The van der Waals surface area contributed by atoms with Crippen LogP contribution >= 0.6 is 0 Å². The Hall–Kier alpha value is -0.0800. The van der Waals surface area contributed by atoms with Crippen molar-refractivity contribution >= 4 is 0 Å². The summed E-state index contributed by atoms with van der Waals surface area (Å²) in [5.41, 5.74) is 0. The van der Waals surface area contributed by atoms with E-state index in [0.29, 0.717) is 6.61 Å². The Morgan fingerprint density at radius 1 is 1.40 bits per heavy atom. The van der Waals surface area contributed by atoms with E-state index in [1.807, 2.05) is 6.92 Å². The molecule has 0 aromatic heterocycles. The van der Waals surface area contributed by atoms with Crippen LogP contribution in [0.15, 0.2) is 0 Å². The second-order valence-electron chi connectivity index (χ2n) is 2.79. The molecule has 2 heteroatoms. The molecule has 0 aliphatic heterocycles. The maximum absolute atomic E-state index is 9.04. The summed E-state index contributed by atoms with van der Waals surface area (Å²) in [4.78, 5) is 0. The van der Waals surface area contributed by atoms with Crippen molar-refractivity contribution in [3.05, 3.63) is 0 Å². The average molecular weight is 146 g/mol. The summed E-state index contributed by atoms with van der Waals surface area (Å²) < 4.78 is 5.25. The van der Waals surface area contributed by atoms with Crippen LogP contribution in [0, 0.1) is 5.92 Å². The van der Waals surface area contributed by atoms with E-state index < -0.39 is 0 Å². The summed E-state index contributed by atoms with van der Waals surface area (Å²) in [7, 11) is 0. The zero-order valence-electron chi connectivity index (χ0n) is 7.13. The van der Waals surface area contributed by atoms with Gasteiger partial charge in [0, 0.05) is 12.5 Å². The molecule has 0 aromatic carbocycles. The van der Waals surface area contributed by atoms with E-state index in [2.05, 4.69) is 6.92 Å². The van der Waals surface area contributed by atoms with Gasteiger partial charge < -0.3 is 9.84 Å². The molecule has 0 amide bonds. The summed E-state index contributed by atoms with van der Waals surface area (Å²) in [5.74, 6) is 0.256. The molecule has 10 heavy (non-hydrogen) atoms. The van der Waals surface area contributed by atoms with Crippen LogP contribution in [-0.4, -0.2) is 24.4 Å². The molecule has 0 fully saturated rings. The van der Waals surface area contributed by atoms with Crippen LogP contribution in [-0.2, 0) is 4.74 Å². The first-order valence-electron chi connectivity index (χ1n) is 3.94. The van der Waals surface area contributed by atoms with Crippen molar-refractivity contribution in [3.63, 3.8) is 0 Å². The zero-order valence-corrected chi connectivity index (χ0v) is 7.13. The minimum Gasteiger partial charge on any atom is -0.393 e. The van der Waals surface area contributed by atoms with E-state index in [9.17, 15) is 0 Å². The number of aliphatic hydroxyl groups excluding tert-OH is 1. The van der Waals surface area contributed by atoms with Gasteiger partial charge in [-0.25, -0.2) is 0 Å². The molecule has 0 saturated heterocycles. The Morgan fingerprint density at radius 2 is 2.00 bits per heavy atom. The summed E-state index contributed by atoms with van der Waals surface area (Å²) in [5, 5.41) is 9.04. The third-order valence-corrected chi connectivity index (χ3v) is 1.55. The first-order valence-corrected chi connectivity index (χ1v) is 3.94. The smallest absolute Gasteiger partial charge is 0.0559 e. The molecule has 0 radical (unpaired) electrons. The molecule has 0 spiro atoms. The number of aliphatic hydroxyl groups is 1. The first-order chi connectivity index (χ1) is 4.68. The minimum atomic E-state index is -0.253. The summed E-state index contributed by atoms with van der Waals surface area (Å²) in [6.45, 7) is 7.33. The van der Waals surface area contributed by atoms with Gasteiger partial charge >= 0.3 is 0 Å². The summed E-state index contributed by atoms with van der Waals surface area (Å²) in [6, 6.07) is 0. The fourth-order valence-electron chi connectivity index (χ4n) is 0.553. The Bertz CT molecular complexity index is 71.7. The monoisotopic (exact) mass is 146 g/mol. The average Bonchev–Trinajstić information content (AvgIpc) is 1.88. The lowest BCUT2D eigenvalue weighted by Crippen LogP contribution is -2.18. The molecule has 0 saturated carbocycles. The highest BCUT2D eigenvalue weighted by atomic mass is 16.5. The lowest BCUT2D eigenvalue weighted by molar-refractivity contribution is 0.0446. The Morgan fingerprint density at radius 3 is 2.40 bits per heavy atom. The maximum atomic E-state index is 9.04.